The highest BCUT2D eigenvalue weighted by Crippen LogP contribution is 2.28. The summed E-state index contributed by atoms with van der Waals surface area (Å²) in [5.41, 5.74) is 1.45. The van der Waals surface area contributed by atoms with Gasteiger partial charge in [0, 0.05) is 20.7 Å². The minimum absolute atomic E-state index is 0.0203. The standard InChI is InChI=1S/C8H7BrF2IN/c1-4-7(12)5(2-9)6(3-13-4)8(10)11/h3,8H,2H2,1H3. The van der Waals surface area contributed by atoms with Crippen LogP contribution in [-0.4, -0.2) is 4.98 Å². The Morgan fingerprint density at radius 1 is 1.62 bits per heavy atom. The van der Waals surface area contributed by atoms with Crippen LogP contribution in [0.1, 0.15) is 23.2 Å². The van der Waals surface area contributed by atoms with E-state index in [2.05, 4.69) is 20.9 Å². The highest BCUT2D eigenvalue weighted by Gasteiger charge is 2.16. The van der Waals surface area contributed by atoms with E-state index in [1.165, 1.54) is 6.20 Å². The van der Waals surface area contributed by atoms with Crippen LogP contribution in [0.15, 0.2) is 6.20 Å². The summed E-state index contributed by atoms with van der Waals surface area (Å²) in [5, 5.41) is 0.439. The number of pyridine rings is 1. The molecule has 0 unspecified atom stereocenters. The summed E-state index contributed by atoms with van der Waals surface area (Å²) in [5.74, 6) is 0. The lowest BCUT2D eigenvalue weighted by atomic mass is 10.1. The molecule has 13 heavy (non-hydrogen) atoms. The van der Waals surface area contributed by atoms with E-state index < -0.39 is 6.43 Å². The molecular formula is C8H7BrF2IN. The normalized spacial score (nSPS) is 10.9. The van der Waals surface area contributed by atoms with Gasteiger partial charge in [-0.3, -0.25) is 4.98 Å². The maximum Gasteiger partial charge on any atom is 0.265 e. The van der Waals surface area contributed by atoms with E-state index in [9.17, 15) is 8.78 Å². The maximum atomic E-state index is 12.5. The van der Waals surface area contributed by atoms with Crippen LogP contribution in [-0.2, 0) is 5.33 Å². The van der Waals surface area contributed by atoms with Crippen molar-refractivity contribution in [3.8, 4) is 0 Å². The van der Waals surface area contributed by atoms with Crippen LogP contribution in [0.4, 0.5) is 8.78 Å². The first kappa shape index (κ1) is 11.3. The van der Waals surface area contributed by atoms with Gasteiger partial charge in [0.15, 0.2) is 0 Å². The number of halogens is 4. The SMILES string of the molecule is Cc1ncc(C(F)F)c(CBr)c1I. The van der Waals surface area contributed by atoms with Crippen molar-refractivity contribution < 1.29 is 8.78 Å². The molecule has 0 N–H and O–H groups in total. The third kappa shape index (κ3) is 2.37. The molecule has 1 aromatic heterocycles. The van der Waals surface area contributed by atoms with Gasteiger partial charge in [-0.15, -0.1) is 0 Å². The summed E-state index contributed by atoms with van der Waals surface area (Å²) < 4.78 is 25.7. The summed E-state index contributed by atoms with van der Waals surface area (Å²) in [6, 6.07) is 0. The Labute approximate surface area is 97.2 Å². The van der Waals surface area contributed by atoms with Crippen molar-refractivity contribution in [2.75, 3.05) is 0 Å². The summed E-state index contributed by atoms with van der Waals surface area (Å²) >= 11 is 5.23. The summed E-state index contributed by atoms with van der Waals surface area (Å²) in [6.45, 7) is 1.81. The van der Waals surface area contributed by atoms with Crippen molar-refractivity contribution >= 4 is 38.5 Å². The van der Waals surface area contributed by atoms with Crippen LogP contribution < -0.4 is 0 Å². The fourth-order valence-electron chi connectivity index (χ4n) is 0.970. The largest absolute Gasteiger partial charge is 0.265 e. The second-order valence-electron chi connectivity index (χ2n) is 2.53. The quantitative estimate of drug-likeness (QED) is 0.576. The second kappa shape index (κ2) is 4.63. The van der Waals surface area contributed by atoms with Gasteiger partial charge >= 0.3 is 0 Å². The topological polar surface area (TPSA) is 12.9 Å². The van der Waals surface area contributed by atoms with Crippen LogP contribution in [0.25, 0.3) is 0 Å². The van der Waals surface area contributed by atoms with Crippen LogP contribution in [0.2, 0.25) is 0 Å². The molecule has 5 heteroatoms. The number of hydrogen-bond donors (Lipinski definition) is 0. The average molecular weight is 362 g/mol. The molecule has 0 bridgehead atoms. The molecule has 1 aromatic rings. The fraction of sp³-hybridized carbons (Fsp3) is 0.375. The molecule has 0 radical (unpaired) electrons. The van der Waals surface area contributed by atoms with Crippen LogP contribution in [0.3, 0.4) is 0 Å². The fourth-order valence-corrected chi connectivity index (χ4v) is 2.74. The summed E-state index contributed by atoms with van der Waals surface area (Å²) in [4.78, 5) is 3.90. The molecule has 0 spiro atoms. The van der Waals surface area contributed by atoms with Crippen LogP contribution in [0, 0.1) is 10.5 Å². The van der Waals surface area contributed by atoms with E-state index in [0.717, 1.165) is 9.26 Å². The van der Waals surface area contributed by atoms with Gasteiger partial charge < -0.3 is 0 Å². The number of hydrogen-bond acceptors (Lipinski definition) is 1. The molecule has 72 valence electrons. The first-order chi connectivity index (χ1) is 6.07. The molecule has 1 heterocycles. The molecule has 0 saturated carbocycles. The lowest BCUT2D eigenvalue weighted by Gasteiger charge is -2.09. The second-order valence-corrected chi connectivity index (χ2v) is 4.17. The van der Waals surface area contributed by atoms with Gasteiger partial charge in [-0.1, -0.05) is 15.9 Å². The Balaban J connectivity index is 3.30. The number of nitrogens with zero attached hydrogens (tertiary/aromatic N) is 1. The number of rotatable bonds is 2. The molecule has 0 amide bonds. The summed E-state index contributed by atoms with van der Waals surface area (Å²) in [7, 11) is 0. The molecular weight excluding hydrogens is 355 g/mol. The van der Waals surface area contributed by atoms with Crippen molar-refractivity contribution in [3.05, 3.63) is 26.6 Å². The van der Waals surface area contributed by atoms with Crippen LogP contribution in [0.5, 0.6) is 0 Å². The Morgan fingerprint density at radius 2 is 2.23 bits per heavy atom. The summed E-state index contributed by atoms with van der Waals surface area (Å²) in [6.07, 6.45) is -1.20. The van der Waals surface area contributed by atoms with E-state index in [4.69, 9.17) is 0 Å². The van der Waals surface area contributed by atoms with Crippen molar-refractivity contribution in [1.82, 2.24) is 4.98 Å². The van der Waals surface area contributed by atoms with E-state index in [1.807, 2.05) is 29.5 Å². The predicted molar refractivity (Wildman–Crippen MR) is 59.3 cm³/mol. The Morgan fingerprint density at radius 3 is 2.69 bits per heavy atom. The predicted octanol–water partition coefficient (Wildman–Crippen LogP) is 3.83. The van der Waals surface area contributed by atoms with Gasteiger partial charge in [-0.05, 0) is 35.1 Å². The van der Waals surface area contributed by atoms with E-state index >= 15 is 0 Å². The van der Waals surface area contributed by atoms with Gasteiger partial charge in [0.2, 0.25) is 0 Å². The van der Waals surface area contributed by atoms with Gasteiger partial charge in [0.05, 0.1) is 5.69 Å². The number of aryl methyl sites for hydroxylation is 1. The Bertz CT molecular complexity index is 317. The zero-order valence-electron chi connectivity index (χ0n) is 6.82. The highest BCUT2D eigenvalue weighted by atomic mass is 127. The van der Waals surface area contributed by atoms with Gasteiger partial charge in [-0.2, -0.15) is 0 Å². The molecule has 0 aliphatic heterocycles. The number of aromatic nitrogens is 1. The van der Waals surface area contributed by atoms with Crippen LogP contribution >= 0.6 is 38.5 Å². The minimum Gasteiger partial charge on any atom is -0.260 e. The molecule has 0 aliphatic carbocycles. The molecule has 1 nitrogen and oxygen atoms in total. The van der Waals surface area contributed by atoms with E-state index in [1.54, 1.807) is 0 Å². The third-order valence-electron chi connectivity index (χ3n) is 1.70. The maximum absolute atomic E-state index is 12.5. The minimum atomic E-state index is -2.45. The van der Waals surface area contributed by atoms with Crippen molar-refractivity contribution in [2.24, 2.45) is 0 Å². The Kier molecular flexibility index (Phi) is 4.03. The average Bonchev–Trinajstić information content (AvgIpc) is 2.09. The monoisotopic (exact) mass is 361 g/mol. The smallest absolute Gasteiger partial charge is 0.260 e. The third-order valence-corrected chi connectivity index (χ3v) is 3.69. The first-order valence-corrected chi connectivity index (χ1v) is 5.76. The van der Waals surface area contributed by atoms with E-state index in [-0.39, 0.29) is 5.56 Å². The zero-order valence-corrected chi connectivity index (χ0v) is 10.6. The zero-order chi connectivity index (χ0) is 10.0. The van der Waals surface area contributed by atoms with Crippen molar-refractivity contribution in [3.63, 3.8) is 0 Å². The lowest BCUT2D eigenvalue weighted by molar-refractivity contribution is 0.150. The first-order valence-electron chi connectivity index (χ1n) is 3.56. The molecule has 0 atom stereocenters. The highest BCUT2D eigenvalue weighted by molar-refractivity contribution is 14.1. The lowest BCUT2D eigenvalue weighted by Crippen LogP contribution is -2.00. The van der Waals surface area contributed by atoms with Gasteiger partial charge in [0.1, 0.15) is 0 Å². The van der Waals surface area contributed by atoms with Gasteiger partial charge in [-0.25, -0.2) is 8.78 Å². The molecule has 0 fully saturated rings. The molecule has 0 saturated heterocycles. The van der Waals surface area contributed by atoms with Crippen molar-refractivity contribution in [2.45, 2.75) is 18.7 Å². The molecule has 0 aliphatic rings. The number of alkyl halides is 3. The van der Waals surface area contributed by atoms with E-state index in [0.29, 0.717) is 10.9 Å². The molecule has 1 rings (SSSR count). The Hall–Kier alpha value is 0.220. The van der Waals surface area contributed by atoms with Crippen molar-refractivity contribution in [1.29, 1.82) is 0 Å². The van der Waals surface area contributed by atoms with Gasteiger partial charge in [0.25, 0.3) is 6.43 Å². The molecule has 0 aromatic carbocycles.